The quantitative estimate of drug-likeness (QED) is 0.607. The second-order valence-electron chi connectivity index (χ2n) is 7.62. The number of fused-ring (bicyclic) bond motifs is 3. The normalized spacial score (nSPS) is 16.5. The van der Waals surface area contributed by atoms with Crippen LogP contribution in [0.2, 0.25) is 10.0 Å². The lowest BCUT2D eigenvalue weighted by Crippen LogP contribution is -2.44. The maximum atomic E-state index is 13.0. The van der Waals surface area contributed by atoms with Crippen molar-refractivity contribution in [3.8, 4) is 11.1 Å². The maximum absolute atomic E-state index is 13.0. The number of aromatic nitrogens is 3. The summed E-state index contributed by atoms with van der Waals surface area (Å²) in [5.74, 6) is -0.527. The third-order valence-electron chi connectivity index (χ3n) is 5.88. The van der Waals surface area contributed by atoms with E-state index in [4.69, 9.17) is 23.2 Å². The summed E-state index contributed by atoms with van der Waals surface area (Å²) in [6.45, 7) is 1.11. The zero-order valence-electron chi connectivity index (χ0n) is 16.6. The monoisotopic (exact) mass is 460 g/mol. The van der Waals surface area contributed by atoms with Gasteiger partial charge in [-0.05, 0) is 6.07 Å². The molecule has 1 fully saturated rings. The fourth-order valence-corrected chi connectivity index (χ4v) is 4.71. The molecule has 1 aromatic carbocycles. The highest BCUT2D eigenvalue weighted by molar-refractivity contribution is 6.45. The smallest absolute Gasteiger partial charge is 0.327 e. The van der Waals surface area contributed by atoms with Crippen LogP contribution in [-0.2, 0) is 22.7 Å². The standard InChI is InChI=1S/C20H18Cl2N6O3/c1-25-15(29)9-27(20(25)31)10-16(30)26-4-5-28-14(8-26)17(11-6-23-24-7-11)12-2-3-13(21)18(22)19(12)28/h2-3,6-7H,4-5,8-10H2,1H3,(H,23,24). The lowest BCUT2D eigenvalue weighted by Gasteiger charge is -2.31. The van der Waals surface area contributed by atoms with Crippen molar-refractivity contribution in [1.29, 1.82) is 0 Å². The molecule has 1 N–H and O–H groups in total. The molecular formula is C20H18Cl2N6O3. The number of carbonyl (C=O) groups excluding carboxylic acids is 3. The molecular weight excluding hydrogens is 443 g/mol. The van der Waals surface area contributed by atoms with Crippen molar-refractivity contribution in [2.24, 2.45) is 0 Å². The van der Waals surface area contributed by atoms with Gasteiger partial charge in [0.25, 0.3) is 0 Å². The highest BCUT2D eigenvalue weighted by atomic mass is 35.5. The number of rotatable bonds is 3. The SMILES string of the molecule is CN1C(=O)CN(CC(=O)N2CCn3c(c(-c4cn[nH]c4)c4ccc(Cl)c(Cl)c43)C2)C1=O. The van der Waals surface area contributed by atoms with Crippen LogP contribution in [0.4, 0.5) is 4.79 Å². The van der Waals surface area contributed by atoms with Crippen LogP contribution < -0.4 is 0 Å². The van der Waals surface area contributed by atoms with Gasteiger partial charge in [0.1, 0.15) is 13.1 Å². The van der Waals surface area contributed by atoms with Crippen LogP contribution in [-0.4, -0.2) is 74.0 Å². The van der Waals surface area contributed by atoms with Crippen molar-refractivity contribution >= 4 is 52.0 Å². The Kier molecular flexibility index (Phi) is 4.67. The Labute approximate surface area is 187 Å². The first-order chi connectivity index (χ1) is 14.9. The average molecular weight is 461 g/mol. The highest BCUT2D eigenvalue weighted by Crippen LogP contribution is 2.42. The molecule has 0 atom stereocenters. The number of nitrogens with one attached hydrogen (secondary N) is 1. The van der Waals surface area contributed by atoms with Crippen molar-refractivity contribution in [2.75, 3.05) is 26.7 Å². The van der Waals surface area contributed by atoms with Gasteiger partial charge in [-0.15, -0.1) is 0 Å². The van der Waals surface area contributed by atoms with Gasteiger partial charge in [0.2, 0.25) is 11.8 Å². The first-order valence-electron chi connectivity index (χ1n) is 9.68. The number of carbonyl (C=O) groups is 3. The van der Waals surface area contributed by atoms with Gasteiger partial charge in [0.15, 0.2) is 0 Å². The van der Waals surface area contributed by atoms with E-state index in [1.807, 2.05) is 6.07 Å². The van der Waals surface area contributed by atoms with Crippen molar-refractivity contribution in [1.82, 2.24) is 29.5 Å². The second kappa shape index (κ2) is 7.28. The van der Waals surface area contributed by atoms with Gasteiger partial charge in [-0.1, -0.05) is 29.3 Å². The molecule has 0 bridgehead atoms. The number of benzene rings is 1. The van der Waals surface area contributed by atoms with E-state index in [-0.39, 0.29) is 24.9 Å². The molecule has 0 unspecified atom stereocenters. The van der Waals surface area contributed by atoms with Crippen molar-refractivity contribution in [3.63, 3.8) is 0 Å². The lowest BCUT2D eigenvalue weighted by atomic mass is 10.0. The summed E-state index contributed by atoms with van der Waals surface area (Å²) in [5.41, 5.74) is 3.57. The fourth-order valence-electron chi connectivity index (χ4n) is 4.29. The molecule has 31 heavy (non-hydrogen) atoms. The molecule has 160 valence electrons. The Balaban J connectivity index is 1.51. The topological polar surface area (TPSA) is 94.5 Å². The van der Waals surface area contributed by atoms with Crippen molar-refractivity contribution in [2.45, 2.75) is 13.1 Å². The lowest BCUT2D eigenvalue weighted by molar-refractivity contribution is -0.133. The molecule has 0 saturated carbocycles. The minimum Gasteiger partial charge on any atom is -0.339 e. The summed E-state index contributed by atoms with van der Waals surface area (Å²) in [6.07, 6.45) is 3.52. The minimum atomic E-state index is -0.454. The molecule has 0 radical (unpaired) electrons. The van der Waals surface area contributed by atoms with Gasteiger partial charge in [-0.3, -0.25) is 19.6 Å². The number of halogens is 2. The number of hydrogen-bond donors (Lipinski definition) is 1. The van der Waals surface area contributed by atoms with Gasteiger partial charge in [0, 0.05) is 48.5 Å². The second-order valence-corrected chi connectivity index (χ2v) is 8.41. The van der Waals surface area contributed by atoms with Crippen LogP contribution in [0.25, 0.3) is 22.0 Å². The number of aromatic amines is 1. The first kappa shape index (κ1) is 19.9. The molecule has 4 heterocycles. The molecule has 9 nitrogen and oxygen atoms in total. The predicted molar refractivity (Wildman–Crippen MR) is 115 cm³/mol. The molecule has 5 rings (SSSR count). The number of nitrogens with zero attached hydrogens (tertiary/aromatic N) is 5. The van der Waals surface area contributed by atoms with Crippen LogP contribution in [0.1, 0.15) is 5.69 Å². The molecule has 1 saturated heterocycles. The Morgan fingerprint density at radius 2 is 2.00 bits per heavy atom. The molecule has 2 aliphatic rings. The van der Waals surface area contributed by atoms with Gasteiger partial charge >= 0.3 is 6.03 Å². The molecule has 4 amide bonds. The summed E-state index contributed by atoms with van der Waals surface area (Å²) < 4.78 is 2.09. The summed E-state index contributed by atoms with van der Waals surface area (Å²) in [7, 11) is 1.42. The van der Waals surface area contributed by atoms with Gasteiger partial charge in [-0.25, -0.2) is 4.79 Å². The molecule has 3 aromatic rings. The summed E-state index contributed by atoms with van der Waals surface area (Å²) in [5, 5.41) is 8.77. The molecule has 2 aliphatic heterocycles. The van der Waals surface area contributed by atoms with E-state index >= 15 is 0 Å². The van der Waals surface area contributed by atoms with Gasteiger partial charge in [0.05, 0.1) is 28.3 Å². The van der Waals surface area contributed by atoms with E-state index < -0.39 is 6.03 Å². The minimum absolute atomic E-state index is 0.0798. The fraction of sp³-hybridized carbons (Fsp3) is 0.300. The number of imide groups is 1. The van der Waals surface area contributed by atoms with E-state index in [1.54, 1.807) is 23.4 Å². The van der Waals surface area contributed by atoms with Crippen LogP contribution in [0.5, 0.6) is 0 Å². The molecule has 0 spiro atoms. The van der Waals surface area contributed by atoms with E-state index in [9.17, 15) is 14.4 Å². The third kappa shape index (κ3) is 3.07. The van der Waals surface area contributed by atoms with Crippen LogP contribution in [0.15, 0.2) is 24.5 Å². The Morgan fingerprint density at radius 3 is 2.68 bits per heavy atom. The summed E-state index contributed by atoms with van der Waals surface area (Å²) >= 11 is 12.8. The Morgan fingerprint density at radius 1 is 1.19 bits per heavy atom. The number of hydrogen-bond acceptors (Lipinski definition) is 4. The summed E-state index contributed by atoms with van der Waals surface area (Å²) in [4.78, 5) is 40.9. The number of amides is 4. The first-order valence-corrected chi connectivity index (χ1v) is 10.4. The maximum Gasteiger partial charge on any atom is 0.327 e. The number of urea groups is 1. The Hall–Kier alpha value is -3.04. The summed E-state index contributed by atoms with van der Waals surface area (Å²) in [6, 6.07) is 3.23. The average Bonchev–Trinajstić information content (AvgIpc) is 3.44. The molecule has 2 aromatic heterocycles. The number of likely N-dealkylation sites (N-methyl/N-ethyl adjacent to an activating group) is 1. The molecule has 11 heteroatoms. The highest BCUT2D eigenvalue weighted by Gasteiger charge is 2.36. The van der Waals surface area contributed by atoms with Gasteiger partial charge < -0.3 is 14.4 Å². The van der Waals surface area contributed by atoms with Crippen LogP contribution >= 0.6 is 23.2 Å². The van der Waals surface area contributed by atoms with E-state index in [0.29, 0.717) is 29.7 Å². The van der Waals surface area contributed by atoms with Crippen LogP contribution in [0.3, 0.4) is 0 Å². The zero-order chi connectivity index (χ0) is 21.9. The van der Waals surface area contributed by atoms with Crippen molar-refractivity contribution < 1.29 is 14.4 Å². The largest absolute Gasteiger partial charge is 0.339 e. The van der Waals surface area contributed by atoms with Gasteiger partial charge in [-0.2, -0.15) is 5.10 Å². The van der Waals surface area contributed by atoms with E-state index in [2.05, 4.69) is 14.8 Å². The number of H-pyrrole nitrogens is 1. The third-order valence-corrected chi connectivity index (χ3v) is 6.67. The Bertz CT molecular complexity index is 1240. The van der Waals surface area contributed by atoms with E-state index in [1.165, 1.54) is 11.9 Å². The van der Waals surface area contributed by atoms with Crippen LogP contribution in [0, 0.1) is 0 Å². The van der Waals surface area contributed by atoms with E-state index in [0.717, 1.165) is 32.6 Å². The predicted octanol–water partition coefficient (Wildman–Crippen LogP) is 2.57. The van der Waals surface area contributed by atoms with Crippen molar-refractivity contribution in [3.05, 3.63) is 40.3 Å². The molecule has 0 aliphatic carbocycles. The zero-order valence-corrected chi connectivity index (χ0v) is 18.1.